The Balaban J connectivity index is 1.73. The van der Waals surface area contributed by atoms with Gasteiger partial charge in [-0.05, 0) is 30.7 Å². The van der Waals surface area contributed by atoms with E-state index in [1.54, 1.807) is 11.3 Å². The highest BCUT2D eigenvalue weighted by molar-refractivity contribution is 7.09. The maximum absolute atomic E-state index is 11.7. The van der Waals surface area contributed by atoms with Gasteiger partial charge in [0.05, 0.1) is 12.1 Å². The van der Waals surface area contributed by atoms with Crippen molar-refractivity contribution in [3.8, 4) is 0 Å². The Bertz CT molecular complexity index is 350. The molecule has 2 rings (SSSR count). The van der Waals surface area contributed by atoms with Gasteiger partial charge < -0.3 is 10.4 Å². The normalized spacial score (nSPS) is 24.5. The van der Waals surface area contributed by atoms with E-state index in [-0.39, 0.29) is 18.1 Å². The fraction of sp³-hybridized carbons (Fsp3) is 0.615. The van der Waals surface area contributed by atoms with Crippen LogP contribution in [0.4, 0.5) is 0 Å². The molecule has 1 fully saturated rings. The van der Waals surface area contributed by atoms with Crippen LogP contribution >= 0.6 is 11.3 Å². The number of aryl methyl sites for hydroxylation is 1. The van der Waals surface area contributed by atoms with E-state index in [0.717, 1.165) is 32.1 Å². The van der Waals surface area contributed by atoms with Gasteiger partial charge in [-0.25, -0.2) is 0 Å². The minimum Gasteiger partial charge on any atom is -0.391 e. The SMILES string of the molecule is O=C(CCc1cccs1)N[C@H]1CCCC[C@@H]1O. The van der Waals surface area contributed by atoms with Crippen molar-refractivity contribution in [2.45, 2.75) is 50.7 Å². The van der Waals surface area contributed by atoms with Crippen LogP contribution in [0.5, 0.6) is 0 Å². The predicted octanol–water partition coefficient (Wildman–Crippen LogP) is 2.10. The van der Waals surface area contributed by atoms with E-state index >= 15 is 0 Å². The molecule has 0 bridgehead atoms. The highest BCUT2D eigenvalue weighted by Crippen LogP contribution is 2.18. The van der Waals surface area contributed by atoms with Crippen molar-refractivity contribution in [1.82, 2.24) is 5.32 Å². The van der Waals surface area contributed by atoms with Crippen LogP contribution in [-0.4, -0.2) is 23.2 Å². The molecule has 0 radical (unpaired) electrons. The van der Waals surface area contributed by atoms with E-state index in [2.05, 4.69) is 5.32 Å². The maximum Gasteiger partial charge on any atom is 0.220 e. The van der Waals surface area contributed by atoms with Crippen LogP contribution in [0.3, 0.4) is 0 Å². The van der Waals surface area contributed by atoms with E-state index < -0.39 is 0 Å². The maximum atomic E-state index is 11.7. The van der Waals surface area contributed by atoms with Gasteiger partial charge >= 0.3 is 0 Å². The second-order valence-electron chi connectivity index (χ2n) is 4.61. The van der Waals surface area contributed by atoms with Crippen LogP contribution in [0, 0.1) is 0 Å². The fourth-order valence-corrected chi connectivity index (χ4v) is 2.96. The molecule has 94 valence electrons. The number of aliphatic hydroxyl groups excluding tert-OH is 1. The number of hydrogen-bond acceptors (Lipinski definition) is 3. The summed E-state index contributed by atoms with van der Waals surface area (Å²) in [5.74, 6) is 0.0596. The monoisotopic (exact) mass is 253 g/mol. The Morgan fingerprint density at radius 2 is 2.29 bits per heavy atom. The van der Waals surface area contributed by atoms with Gasteiger partial charge in [-0.15, -0.1) is 11.3 Å². The molecule has 1 saturated carbocycles. The molecule has 0 unspecified atom stereocenters. The average Bonchev–Trinajstić information content (AvgIpc) is 2.82. The number of thiophene rings is 1. The zero-order valence-electron chi connectivity index (χ0n) is 9.89. The van der Waals surface area contributed by atoms with Gasteiger partial charge in [-0.1, -0.05) is 18.9 Å². The topological polar surface area (TPSA) is 49.3 Å². The Kier molecular flexibility index (Phi) is 4.57. The smallest absolute Gasteiger partial charge is 0.220 e. The second-order valence-corrected chi connectivity index (χ2v) is 5.64. The first-order valence-electron chi connectivity index (χ1n) is 6.25. The summed E-state index contributed by atoms with van der Waals surface area (Å²) < 4.78 is 0. The molecule has 1 amide bonds. The summed E-state index contributed by atoms with van der Waals surface area (Å²) in [5.41, 5.74) is 0. The number of amides is 1. The second kappa shape index (κ2) is 6.17. The predicted molar refractivity (Wildman–Crippen MR) is 69.0 cm³/mol. The first kappa shape index (κ1) is 12.6. The Morgan fingerprint density at radius 1 is 1.47 bits per heavy atom. The van der Waals surface area contributed by atoms with Crippen LogP contribution in [0.2, 0.25) is 0 Å². The summed E-state index contributed by atoms with van der Waals surface area (Å²) in [6, 6.07) is 4.02. The number of nitrogens with one attached hydrogen (secondary N) is 1. The van der Waals surface area contributed by atoms with Crippen molar-refractivity contribution in [2.75, 3.05) is 0 Å². The van der Waals surface area contributed by atoms with Gasteiger partial charge in [0.2, 0.25) is 5.91 Å². The Labute approximate surface area is 106 Å². The Morgan fingerprint density at radius 3 is 3.00 bits per heavy atom. The minimum atomic E-state index is -0.352. The number of rotatable bonds is 4. The van der Waals surface area contributed by atoms with E-state index in [9.17, 15) is 9.90 Å². The van der Waals surface area contributed by atoms with Gasteiger partial charge in [-0.2, -0.15) is 0 Å². The molecule has 0 aromatic carbocycles. The van der Waals surface area contributed by atoms with E-state index in [4.69, 9.17) is 0 Å². The van der Waals surface area contributed by atoms with E-state index in [0.29, 0.717) is 6.42 Å². The van der Waals surface area contributed by atoms with Gasteiger partial charge in [0.15, 0.2) is 0 Å². The van der Waals surface area contributed by atoms with Gasteiger partial charge in [0, 0.05) is 11.3 Å². The minimum absolute atomic E-state index is 0.0282. The molecule has 2 atom stereocenters. The summed E-state index contributed by atoms with van der Waals surface area (Å²) in [7, 11) is 0. The zero-order valence-corrected chi connectivity index (χ0v) is 10.7. The molecule has 1 aliphatic carbocycles. The van der Waals surface area contributed by atoms with Crippen molar-refractivity contribution in [3.63, 3.8) is 0 Å². The highest BCUT2D eigenvalue weighted by Gasteiger charge is 2.24. The lowest BCUT2D eigenvalue weighted by atomic mass is 9.92. The van der Waals surface area contributed by atoms with Crippen LogP contribution in [0.15, 0.2) is 17.5 Å². The summed E-state index contributed by atoms with van der Waals surface area (Å²) in [5, 5.41) is 14.7. The standard InChI is InChI=1S/C13H19NO2S/c15-12-6-2-1-5-11(12)14-13(16)8-7-10-4-3-9-17-10/h3-4,9,11-12,15H,1-2,5-8H2,(H,14,16)/t11-,12-/m0/s1. The molecule has 3 nitrogen and oxygen atoms in total. The number of carbonyl (C=O) groups excluding carboxylic acids is 1. The third kappa shape index (κ3) is 3.82. The summed E-state index contributed by atoms with van der Waals surface area (Å²) in [4.78, 5) is 13.0. The third-order valence-electron chi connectivity index (χ3n) is 3.25. The van der Waals surface area contributed by atoms with Crippen molar-refractivity contribution in [2.24, 2.45) is 0 Å². The van der Waals surface area contributed by atoms with Gasteiger partial charge in [-0.3, -0.25) is 4.79 Å². The molecule has 0 spiro atoms. The van der Waals surface area contributed by atoms with E-state index in [1.807, 2.05) is 17.5 Å². The molecule has 0 saturated heterocycles. The lowest BCUT2D eigenvalue weighted by molar-refractivity contribution is -0.123. The van der Waals surface area contributed by atoms with Crippen molar-refractivity contribution >= 4 is 17.2 Å². The largest absolute Gasteiger partial charge is 0.391 e. The van der Waals surface area contributed by atoms with Crippen LogP contribution in [-0.2, 0) is 11.2 Å². The van der Waals surface area contributed by atoms with Crippen molar-refractivity contribution in [1.29, 1.82) is 0 Å². The molecule has 1 aromatic rings. The van der Waals surface area contributed by atoms with Gasteiger partial charge in [0.25, 0.3) is 0 Å². The third-order valence-corrected chi connectivity index (χ3v) is 4.19. The van der Waals surface area contributed by atoms with Crippen LogP contribution in [0.25, 0.3) is 0 Å². The van der Waals surface area contributed by atoms with Crippen molar-refractivity contribution < 1.29 is 9.90 Å². The van der Waals surface area contributed by atoms with Crippen molar-refractivity contribution in [3.05, 3.63) is 22.4 Å². The molecular formula is C13H19NO2S. The molecule has 1 aromatic heterocycles. The first-order valence-corrected chi connectivity index (χ1v) is 7.13. The summed E-state index contributed by atoms with van der Waals surface area (Å²) in [6.45, 7) is 0. The summed E-state index contributed by atoms with van der Waals surface area (Å²) >= 11 is 1.68. The fourth-order valence-electron chi connectivity index (χ4n) is 2.25. The first-order chi connectivity index (χ1) is 8.25. The van der Waals surface area contributed by atoms with Crippen LogP contribution in [0.1, 0.15) is 37.0 Å². The summed E-state index contributed by atoms with van der Waals surface area (Å²) in [6.07, 6.45) is 4.86. The Hall–Kier alpha value is -0.870. The molecule has 1 heterocycles. The zero-order chi connectivity index (χ0) is 12.1. The average molecular weight is 253 g/mol. The molecule has 0 aliphatic heterocycles. The molecule has 1 aliphatic rings. The number of carbonyl (C=O) groups is 1. The molecular weight excluding hydrogens is 234 g/mol. The number of hydrogen-bond donors (Lipinski definition) is 2. The van der Waals surface area contributed by atoms with Crippen LogP contribution < -0.4 is 5.32 Å². The highest BCUT2D eigenvalue weighted by atomic mass is 32.1. The molecule has 4 heteroatoms. The van der Waals surface area contributed by atoms with E-state index in [1.165, 1.54) is 4.88 Å². The molecule has 2 N–H and O–H groups in total. The molecule has 17 heavy (non-hydrogen) atoms. The lowest BCUT2D eigenvalue weighted by Gasteiger charge is -2.28. The number of aliphatic hydroxyl groups is 1. The quantitative estimate of drug-likeness (QED) is 0.863. The lowest BCUT2D eigenvalue weighted by Crippen LogP contribution is -2.45. The van der Waals surface area contributed by atoms with Gasteiger partial charge in [0.1, 0.15) is 0 Å².